The third-order valence-electron chi connectivity index (χ3n) is 2.89. The van der Waals surface area contributed by atoms with Crippen molar-refractivity contribution in [3.8, 4) is 0 Å². The molecule has 0 radical (unpaired) electrons. The molecule has 0 aromatic carbocycles. The molecule has 0 bridgehead atoms. The normalized spacial score (nSPS) is 39.8. The first-order chi connectivity index (χ1) is 5.16. The molecule has 0 aromatic rings. The summed E-state index contributed by atoms with van der Waals surface area (Å²) in [6, 6.07) is 0. The molecular weight excluding hydrogens is 136 g/mol. The molecule has 3 atom stereocenters. The van der Waals surface area contributed by atoms with E-state index in [4.69, 9.17) is 5.73 Å². The first-order valence-corrected chi connectivity index (χ1v) is 4.66. The fourth-order valence-corrected chi connectivity index (χ4v) is 1.85. The van der Waals surface area contributed by atoms with Crippen molar-refractivity contribution >= 4 is 0 Å². The van der Waals surface area contributed by atoms with E-state index in [1.165, 1.54) is 13.0 Å². The number of rotatable bonds is 2. The molecule has 1 fully saturated rings. The van der Waals surface area contributed by atoms with E-state index in [2.05, 4.69) is 25.7 Å². The third kappa shape index (κ3) is 1.74. The third-order valence-corrected chi connectivity index (χ3v) is 2.89. The smallest absolute Gasteiger partial charge is 0.0601 e. The van der Waals surface area contributed by atoms with Gasteiger partial charge in [0.2, 0.25) is 0 Å². The van der Waals surface area contributed by atoms with Gasteiger partial charge in [-0.25, -0.2) is 0 Å². The van der Waals surface area contributed by atoms with Crippen LogP contribution < -0.4 is 5.73 Å². The van der Waals surface area contributed by atoms with Gasteiger partial charge < -0.3 is 5.73 Å². The Morgan fingerprint density at radius 2 is 2.09 bits per heavy atom. The van der Waals surface area contributed by atoms with E-state index >= 15 is 0 Å². The average molecular weight is 156 g/mol. The van der Waals surface area contributed by atoms with Gasteiger partial charge in [0.15, 0.2) is 0 Å². The van der Waals surface area contributed by atoms with Crippen molar-refractivity contribution in [3.05, 3.63) is 0 Å². The summed E-state index contributed by atoms with van der Waals surface area (Å²) in [4.78, 5) is 2.40. The molecule has 1 aliphatic rings. The van der Waals surface area contributed by atoms with Gasteiger partial charge in [-0.3, -0.25) is 4.90 Å². The molecular formula is C9H20N2. The molecule has 2 nitrogen and oxygen atoms in total. The Balaban J connectivity index is 2.45. The molecule has 1 rings (SSSR count). The summed E-state index contributed by atoms with van der Waals surface area (Å²) < 4.78 is 0. The maximum Gasteiger partial charge on any atom is 0.0601 e. The topological polar surface area (TPSA) is 29.3 Å². The summed E-state index contributed by atoms with van der Waals surface area (Å²) >= 11 is 0. The van der Waals surface area contributed by atoms with Crippen molar-refractivity contribution in [2.75, 3.05) is 13.1 Å². The quantitative estimate of drug-likeness (QED) is 0.652. The van der Waals surface area contributed by atoms with Crippen LogP contribution in [0.2, 0.25) is 0 Å². The molecule has 0 spiro atoms. The second-order valence-corrected chi connectivity index (χ2v) is 3.82. The zero-order chi connectivity index (χ0) is 8.43. The van der Waals surface area contributed by atoms with Crippen LogP contribution in [0.4, 0.5) is 0 Å². The van der Waals surface area contributed by atoms with E-state index in [1.54, 1.807) is 0 Å². The maximum absolute atomic E-state index is 6.02. The van der Waals surface area contributed by atoms with Gasteiger partial charge >= 0.3 is 0 Å². The average Bonchev–Trinajstić information content (AvgIpc) is 2.19. The first-order valence-electron chi connectivity index (χ1n) is 4.66. The molecule has 0 aromatic heterocycles. The molecule has 1 saturated heterocycles. The van der Waals surface area contributed by atoms with Gasteiger partial charge in [0.05, 0.1) is 6.17 Å². The predicted molar refractivity (Wildman–Crippen MR) is 48.2 cm³/mol. The zero-order valence-corrected chi connectivity index (χ0v) is 7.88. The minimum absolute atomic E-state index is 0.310. The van der Waals surface area contributed by atoms with Gasteiger partial charge in [-0.05, 0) is 24.8 Å². The predicted octanol–water partition coefficient (Wildman–Crippen LogP) is 1.27. The lowest BCUT2D eigenvalue weighted by Crippen LogP contribution is -2.39. The lowest BCUT2D eigenvalue weighted by Gasteiger charge is -2.21. The van der Waals surface area contributed by atoms with Crippen molar-refractivity contribution in [2.45, 2.75) is 33.4 Å². The largest absolute Gasteiger partial charge is 0.315 e. The van der Waals surface area contributed by atoms with E-state index in [0.717, 1.165) is 12.5 Å². The number of nitrogens with two attached hydrogens (primary N) is 1. The highest BCUT2D eigenvalue weighted by Gasteiger charge is 2.32. The van der Waals surface area contributed by atoms with Crippen molar-refractivity contribution in [3.63, 3.8) is 0 Å². The Hall–Kier alpha value is -0.0800. The SMILES string of the molecule is CCCN1CC(C)C(C)C1N. The number of nitrogens with zero attached hydrogens (tertiary/aromatic N) is 1. The lowest BCUT2D eigenvalue weighted by atomic mass is 9.99. The van der Waals surface area contributed by atoms with Gasteiger partial charge in [0, 0.05) is 6.54 Å². The van der Waals surface area contributed by atoms with Crippen LogP contribution >= 0.6 is 0 Å². The Morgan fingerprint density at radius 3 is 2.45 bits per heavy atom. The van der Waals surface area contributed by atoms with Crippen LogP contribution in [0.5, 0.6) is 0 Å². The molecule has 0 saturated carbocycles. The highest BCUT2D eigenvalue weighted by molar-refractivity contribution is 4.84. The number of likely N-dealkylation sites (tertiary alicyclic amines) is 1. The standard InChI is InChI=1S/C9H20N2/c1-4-5-11-6-7(2)8(3)9(11)10/h7-9H,4-6,10H2,1-3H3. The van der Waals surface area contributed by atoms with Crippen molar-refractivity contribution in [1.82, 2.24) is 4.90 Å². The van der Waals surface area contributed by atoms with Crippen LogP contribution in [0.1, 0.15) is 27.2 Å². The summed E-state index contributed by atoms with van der Waals surface area (Å²) in [5.74, 6) is 1.44. The van der Waals surface area contributed by atoms with E-state index in [0.29, 0.717) is 12.1 Å². The summed E-state index contributed by atoms with van der Waals surface area (Å²) in [5, 5.41) is 0. The molecule has 2 heteroatoms. The Morgan fingerprint density at radius 1 is 1.45 bits per heavy atom. The van der Waals surface area contributed by atoms with E-state index in [-0.39, 0.29) is 0 Å². The number of hydrogen-bond acceptors (Lipinski definition) is 2. The van der Waals surface area contributed by atoms with E-state index in [1.807, 2.05) is 0 Å². The fraction of sp³-hybridized carbons (Fsp3) is 1.00. The second-order valence-electron chi connectivity index (χ2n) is 3.82. The Bertz CT molecular complexity index is 125. The van der Waals surface area contributed by atoms with Gasteiger partial charge in [-0.15, -0.1) is 0 Å². The van der Waals surface area contributed by atoms with Crippen molar-refractivity contribution in [2.24, 2.45) is 17.6 Å². The highest BCUT2D eigenvalue weighted by atomic mass is 15.2. The van der Waals surface area contributed by atoms with Crippen LogP contribution in [0.3, 0.4) is 0 Å². The van der Waals surface area contributed by atoms with Gasteiger partial charge in [0.25, 0.3) is 0 Å². The lowest BCUT2D eigenvalue weighted by molar-refractivity contribution is 0.237. The van der Waals surface area contributed by atoms with Crippen molar-refractivity contribution < 1.29 is 0 Å². The Kier molecular flexibility index (Phi) is 2.90. The molecule has 0 aliphatic carbocycles. The van der Waals surface area contributed by atoms with Gasteiger partial charge in [-0.2, -0.15) is 0 Å². The summed E-state index contributed by atoms with van der Waals surface area (Å²) in [6.07, 6.45) is 1.53. The van der Waals surface area contributed by atoms with Crippen LogP contribution in [0, 0.1) is 11.8 Å². The monoisotopic (exact) mass is 156 g/mol. The van der Waals surface area contributed by atoms with Crippen LogP contribution in [0.25, 0.3) is 0 Å². The molecule has 66 valence electrons. The van der Waals surface area contributed by atoms with Crippen molar-refractivity contribution in [1.29, 1.82) is 0 Å². The van der Waals surface area contributed by atoms with Crippen LogP contribution in [-0.2, 0) is 0 Å². The summed E-state index contributed by atoms with van der Waals surface area (Å²) in [5.41, 5.74) is 6.02. The fourth-order valence-electron chi connectivity index (χ4n) is 1.85. The molecule has 3 unspecified atom stereocenters. The Labute approximate surface area is 69.8 Å². The molecule has 2 N–H and O–H groups in total. The van der Waals surface area contributed by atoms with Gasteiger partial charge in [-0.1, -0.05) is 20.8 Å². The highest BCUT2D eigenvalue weighted by Crippen LogP contribution is 2.25. The van der Waals surface area contributed by atoms with E-state index in [9.17, 15) is 0 Å². The number of hydrogen-bond donors (Lipinski definition) is 1. The summed E-state index contributed by atoms with van der Waals surface area (Å²) in [6.45, 7) is 9.11. The molecule has 1 heterocycles. The van der Waals surface area contributed by atoms with Gasteiger partial charge in [0.1, 0.15) is 0 Å². The van der Waals surface area contributed by atoms with E-state index < -0.39 is 0 Å². The maximum atomic E-state index is 6.02. The minimum Gasteiger partial charge on any atom is -0.315 e. The summed E-state index contributed by atoms with van der Waals surface area (Å²) in [7, 11) is 0. The minimum atomic E-state index is 0.310. The molecule has 0 amide bonds. The zero-order valence-electron chi connectivity index (χ0n) is 7.88. The molecule has 1 aliphatic heterocycles. The molecule has 11 heavy (non-hydrogen) atoms. The van der Waals surface area contributed by atoms with Crippen LogP contribution in [-0.4, -0.2) is 24.2 Å². The van der Waals surface area contributed by atoms with Crippen LogP contribution in [0.15, 0.2) is 0 Å². The first kappa shape index (κ1) is 9.01. The second kappa shape index (κ2) is 3.55.